The lowest BCUT2D eigenvalue weighted by molar-refractivity contribution is -0.111. The van der Waals surface area contributed by atoms with Gasteiger partial charge in [0.05, 0.1) is 6.61 Å². The number of carbonyl (C=O) groups excluding carboxylic acids is 1. The summed E-state index contributed by atoms with van der Waals surface area (Å²) in [6, 6.07) is 10.1. The molecule has 1 N–H and O–H groups in total. The van der Waals surface area contributed by atoms with Crippen LogP contribution in [0.3, 0.4) is 0 Å². The van der Waals surface area contributed by atoms with Gasteiger partial charge in [0.15, 0.2) is 0 Å². The van der Waals surface area contributed by atoms with E-state index in [0.717, 1.165) is 4.31 Å². The maximum atomic E-state index is 12.5. The minimum atomic E-state index is -3.78. The highest BCUT2D eigenvalue weighted by molar-refractivity contribution is 7.89. The number of amides is 1. The number of nitrogens with one attached hydrogen (secondary N) is 1. The number of benzene rings is 2. The number of halogens is 2. The highest BCUT2D eigenvalue weighted by atomic mass is 32.2. The zero-order valence-corrected chi connectivity index (χ0v) is 17.4. The Morgan fingerprint density at radius 1 is 1.17 bits per heavy atom. The van der Waals surface area contributed by atoms with Crippen LogP contribution in [-0.4, -0.2) is 45.9 Å². The van der Waals surface area contributed by atoms with E-state index in [9.17, 15) is 22.0 Å². The summed E-state index contributed by atoms with van der Waals surface area (Å²) in [7, 11) is -0.983. The molecule has 10 heteroatoms. The van der Waals surface area contributed by atoms with Gasteiger partial charge in [0, 0.05) is 25.9 Å². The third kappa shape index (κ3) is 6.26. The number of hydrogen-bond donors (Lipinski definition) is 1. The van der Waals surface area contributed by atoms with Crippen LogP contribution < -0.4 is 14.8 Å². The predicted molar refractivity (Wildman–Crippen MR) is 109 cm³/mol. The van der Waals surface area contributed by atoms with Crippen molar-refractivity contribution in [3.63, 3.8) is 0 Å². The van der Waals surface area contributed by atoms with Crippen molar-refractivity contribution in [2.24, 2.45) is 0 Å². The van der Waals surface area contributed by atoms with Crippen LogP contribution in [0.15, 0.2) is 53.4 Å². The Hall–Kier alpha value is -2.98. The Bertz CT molecular complexity index is 1010. The van der Waals surface area contributed by atoms with E-state index in [1.807, 2.05) is 0 Å². The van der Waals surface area contributed by atoms with Crippen molar-refractivity contribution < 1.29 is 31.5 Å². The number of anilines is 1. The molecule has 7 nitrogen and oxygen atoms in total. The average molecular weight is 440 g/mol. The number of nitrogens with zero attached hydrogens (tertiary/aromatic N) is 1. The molecule has 30 heavy (non-hydrogen) atoms. The molecular formula is C20H22F2N2O5S. The molecule has 0 aliphatic carbocycles. The molecule has 0 aliphatic heterocycles. The summed E-state index contributed by atoms with van der Waals surface area (Å²) < 4.78 is 60.1. The molecule has 1 amide bonds. The Morgan fingerprint density at radius 3 is 2.40 bits per heavy atom. The van der Waals surface area contributed by atoms with Gasteiger partial charge in [0.1, 0.15) is 16.4 Å². The summed E-state index contributed by atoms with van der Waals surface area (Å²) >= 11 is 0. The van der Waals surface area contributed by atoms with Gasteiger partial charge in [0.2, 0.25) is 15.9 Å². The highest BCUT2D eigenvalue weighted by Gasteiger charge is 2.23. The molecule has 0 spiro atoms. The van der Waals surface area contributed by atoms with Gasteiger partial charge in [-0.25, -0.2) is 12.7 Å². The third-order valence-corrected chi connectivity index (χ3v) is 5.64. The van der Waals surface area contributed by atoms with Crippen LogP contribution in [0.2, 0.25) is 0 Å². The summed E-state index contributed by atoms with van der Waals surface area (Å²) in [5.74, 6) is -0.304. The van der Waals surface area contributed by atoms with Crippen LogP contribution in [-0.2, 0) is 14.8 Å². The van der Waals surface area contributed by atoms with Crippen molar-refractivity contribution in [1.29, 1.82) is 0 Å². The van der Waals surface area contributed by atoms with E-state index < -0.39 is 22.5 Å². The first-order valence-electron chi connectivity index (χ1n) is 8.86. The first kappa shape index (κ1) is 23.3. The number of ether oxygens (including phenoxy) is 2. The minimum Gasteiger partial charge on any atom is -0.492 e. The standard InChI is InChI=1S/C20H22F2N2O5S/c1-4-28-17-11-8-15(13-18(17)30(26,27)24(2)3)23-19(25)12-7-14-5-9-16(10-6-14)29-20(21)22/h5-13,20H,4H2,1-3H3,(H,23,25)/b12-7+. The lowest BCUT2D eigenvalue weighted by Crippen LogP contribution is -2.23. The molecular weight excluding hydrogens is 418 g/mol. The Kier molecular flexibility index (Phi) is 7.90. The second-order valence-corrected chi connectivity index (χ2v) is 8.27. The zero-order valence-electron chi connectivity index (χ0n) is 16.6. The van der Waals surface area contributed by atoms with Crippen LogP contribution in [0.1, 0.15) is 12.5 Å². The summed E-state index contributed by atoms with van der Waals surface area (Å²) in [4.78, 5) is 12.1. The summed E-state index contributed by atoms with van der Waals surface area (Å²) in [5.41, 5.74) is 0.864. The van der Waals surface area contributed by atoms with Crippen molar-refractivity contribution in [2.45, 2.75) is 18.4 Å². The molecule has 2 aromatic rings. The van der Waals surface area contributed by atoms with Gasteiger partial charge in [-0.1, -0.05) is 12.1 Å². The molecule has 0 heterocycles. The normalized spacial score (nSPS) is 11.8. The monoisotopic (exact) mass is 440 g/mol. The molecule has 0 aliphatic rings. The second kappa shape index (κ2) is 10.2. The van der Waals surface area contributed by atoms with Crippen molar-refractivity contribution in [2.75, 3.05) is 26.0 Å². The third-order valence-electron chi connectivity index (χ3n) is 3.80. The average Bonchev–Trinajstić information content (AvgIpc) is 2.68. The smallest absolute Gasteiger partial charge is 0.387 e. The summed E-state index contributed by atoms with van der Waals surface area (Å²) in [6.07, 6.45) is 2.72. The molecule has 2 rings (SSSR count). The molecule has 0 saturated carbocycles. The fourth-order valence-corrected chi connectivity index (χ4v) is 3.43. The van der Waals surface area contributed by atoms with Gasteiger partial charge < -0.3 is 14.8 Å². The van der Waals surface area contributed by atoms with E-state index in [-0.39, 0.29) is 28.7 Å². The fourth-order valence-electron chi connectivity index (χ4n) is 2.38. The minimum absolute atomic E-state index is 0.00983. The van der Waals surface area contributed by atoms with E-state index in [2.05, 4.69) is 10.1 Å². The number of alkyl halides is 2. The largest absolute Gasteiger partial charge is 0.492 e. The molecule has 0 saturated heterocycles. The Morgan fingerprint density at radius 2 is 1.83 bits per heavy atom. The van der Waals surface area contributed by atoms with Gasteiger partial charge in [-0.3, -0.25) is 4.79 Å². The van der Waals surface area contributed by atoms with E-state index >= 15 is 0 Å². The fraction of sp³-hybridized carbons (Fsp3) is 0.250. The van der Waals surface area contributed by atoms with Crippen LogP contribution in [0, 0.1) is 0 Å². The van der Waals surface area contributed by atoms with Gasteiger partial charge >= 0.3 is 6.61 Å². The van der Waals surface area contributed by atoms with Crippen LogP contribution >= 0.6 is 0 Å². The van der Waals surface area contributed by atoms with Crippen molar-refractivity contribution in [1.82, 2.24) is 4.31 Å². The number of rotatable bonds is 9. The lowest BCUT2D eigenvalue weighted by Gasteiger charge is -2.16. The lowest BCUT2D eigenvalue weighted by atomic mass is 10.2. The first-order valence-corrected chi connectivity index (χ1v) is 10.3. The maximum Gasteiger partial charge on any atom is 0.387 e. The maximum absolute atomic E-state index is 12.5. The first-order chi connectivity index (χ1) is 14.1. The van der Waals surface area contributed by atoms with E-state index in [0.29, 0.717) is 5.56 Å². The number of sulfonamides is 1. The molecule has 0 atom stereocenters. The van der Waals surface area contributed by atoms with Gasteiger partial charge in [0.25, 0.3) is 0 Å². The van der Waals surface area contributed by atoms with Gasteiger partial charge in [-0.2, -0.15) is 8.78 Å². The molecule has 0 radical (unpaired) electrons. The number of carbonyl (C=O) groups is 1. The van der Waals surface area contributed by atoms with E-state index in [1.165, 1.54) is 68.7 Å². The summed E-state index contributed by atoms with van der Waals surface area (Å²) in [5, 5.41) is 2.58. The van der Waals surface area contributed by atoms with E-state index in [1.54, 1.807) is 6.92 Å². The Labute approximate surface area is 174 Å². The van der Waals surface area contributed by atoms with Crippen molar-refractivity contribution >= 4 is 27.7 Å². The van der Waals surface area contributed by atoms with E-state index in [4.69, 9.17) is 4.74 Å². The molecule has 0 unspecified atom stereocenters. The SMILES string of the molecule is CCOc1ccc(NC(=O)/C=C/c2ccc(OC(F)F)cc2)cc1S(=O)(=O)N(C)C. The predicted octanol–water partition coefficient (Wildman–Crippen LogP) is 3.59. The van der Waals surface area contributed by atoms with Crippen molar-refractivity contribution in [3.05, 3.63) is 54.1 Å². The molecule has 0 bridgehead atoms. The molecule has 162 valence electrons. The quantitative estimate of drug-likeness (QED) is 0.603. The van der Waals surface area contributed by atoms with Gasteiger partial charge in [-0.15, -0.1) is 0 Å². The molecule has 2 aromatic carbocycles. The van der Waals surface area contributed by atoms with Gasteiger partial charge in [-0.05, 0) is 48.9 Å². The van der Waals surface area contributed by atoms with Crippen LogP contribution in [0.25, 0.3) is 6.08 Å². The molecule has 0 fully saturated rings. The number of hydrogen-bond acceptors (Lipinski definition) is 5. The second-order valence-electron chi connectivity index (χ2n) is 6.15. The Balaban J connectivity index is 2.15. The highest BCUT2D eigenvalue weighted by Crippen LogP contribution is 2.29. The van der Waals surface area contributed by atoms with Crippen LogP contribution in [0.4, 0.5) is 14.5 Å². The topological polar surface area (TPSA) is 84.9 Å². The van der Waals surface area contributed by atoms with Crippen LogP contribution in [0.5, 0.6) is 11.5 Å². The van der Waals surface area contributed by atoms with Crippen molar-refractivity contribution in [3.8, 4) is 11.5 Å². The summed E-state index contributed by atoms with van der Waals surface area (Å²) in [6.45, 7) is -0.892. The zero-order chi connectivity index (χ0) is 22.3. The molecule has 0 aromatic heterocycles.